The molecule has 2 aromatic carbocycles. The van der Waals surface area contributed by atoms with E-state index < -0.39 is 6.10 Å². The van der Waals surface area contributed by atoms with E-state index in [2.05, 4.69) is 17.5 Å². The highest BCUT2D eigenvalue weighted by molar-refractivity contribution is 5.96. The number of hydrogen-bond acceptors (Lipinski definition) is 4. The highest BCUT2D eigenvalue weighted by Gasteiger charge is 2.42. The maximum Gasteiger partial charge on any atom is 0.310 e. The van der Waals surface area contributed by atoms with Crippen molar-refractivity contribution in [3.8, 4) is 5.75 Å². The summed E-state index contributed by atoms with van der Waals surface area (Å²) >= 11 is 0. The zero-order valence-corrected chi connectivity index (χ0v) is 15.7. The van der Waals surface area contributed by atoms with Crippen LogP contribution in [0, 0.1) is 17.8 Å². The zero-order chi connectivity index (χ0) is 19.5. The van der Waals surface area contributed by atoms with Gasteiger partial charge in [-0.15, -0.1) is 0 Å². The quantitative estimate of drug-likeness (QED) is 0.607. The van der Waals surface area contributed by atoms with E-state index in [-0.39, 0.29) is 23.7 Å². The number of ether oxygens (including phenoxy) is 2. The predicted molar refractivity (Wildman–Crippen MR) is 106 cm³/mol. The van der Waals surface area contributed by atoms with Crippen LogP contribution >= 0.6 is 0 Å². The molecule has 0 radical (unpaired) electrons. The molecule has 1 N–H and O–H groups in total. The smallest absolute Gasteiger partial charge is 0.310 e. The molecule has 4 atom stereocenters. The highest BCUT2D eigenvalue weighted by Crippen LogP contribution is 2.44. The molecule has 0 spiro atoms. The van der Waals surface area contributed by atoms with Crippen molar-refractivity contribution in [2.75, 3.05) is 12.4 Å². The van der Waals surface area contributed by atoms with Crippen molar-refractivity contribution in [2.24, 2.45) is 17.8 Å². The minimum absolute atomic E-state index is 0.161. The molecule has 1 fully saturated rings. The molecule has 1 saturated carbocycles. The second-order valence-corrected chi connectivity index (χ2v) is 7.34. The van der Waals surface area contributed by atoms with Crippen molar-refractivity contribution >= 4 is 17.6 Å². The number of rotatable bonds is 6. The summed E-state index contributed by atoms with van der Waals surface area (Å²) in [5, 5.41) is 2.83. The van der Waals surface area contributed by atoms with Gasteiger partial charge in [-0.1, -0.05) is 48.6 Å². The van der Waals surface area contributed by atoms with E-state index in [9.17, 15) is 9.59 Å². The molecule has 28 heavy (non-hydrogen) atoms. The molecule has 5 nitrogen and oxygen atoms in total. The van der Waals surface area contributed by atoms with Crippen molar-refractivity contribution in [3.63, 3.8) is 0 Å². The van der Waals surface area contributed by atoms with Crippen LogP contribution in [-0.4, -0.2) is 19.0 Å². The fraction of sp³-hybridized carbons (Fsp3) is 0.304. The van der Waals surface area contributed by atoms with Crippen molar-refractivity contribution < 1.29 is 19.1 Å². The molecule has 1 amide bonds. The Hall–Kier alpha value is -3.08. The van der Waals surface area contributed by atoms with Crippen molar-refractivity contribution in [2.45, 2.75) is 18.9 Å². The number of carbonyl (C=O) groups is 2. The van der Waals surface area contributed by atoms with Crippen LogP contribution in [0.5, 0.6) is 5.75 Å². The van der Waals surface area contributed by atoms with Gasteiger partial charge in [0.05, 0.1) is 13.0 Å². The molecule has 2 aliphatic carbocycles. The summed E-state index contributed by atoms with van der Waals surface area (Å²) < 4.78 is 10.9. The molecule has 0 unspecified atom stereocenters. The Morgan fingerprint density at radius 3 is 2.54 bits per heavy atom. The van der Waals surface area contributed by atoms with Gasteiger partial charge >= 0.3 is 5.97 Å². The van der Waals surface area contributed by atoms with Gasteiger partial charge in [0.25, 0.3) is 5.91 Å². The van der Waals surface area contributed by atoms with Crippen LogP contribution in [-0.2, 0) is 14.3 Å². The number of anilines is 1. The van der Waals surface area contributed by atoms with E-state index in [1.165, 1.54) is 0 Å². The summed E-state index contributed by atoms with van der Waals surface area (Å²) in [4.78, 5) is 25.8. The summed E-state index contributed by atoms with van der Waals surface area (Å²) in [5.74, 6) is 0.488. The maximum atomic E-state index is 13.0. The van der Waals surface area contributed by atoms with Gasteiger partial charge < -0.3 is 14.8 Å². The number of carbonyl (C=O) groups excluding carboxylic acids is 2. The summed E-state index contributed by atoms with van der Waals surface area (Å²) in [5.41, 5.74) is 1.24. The summed E-state index contributed by atoms with van der Waals surface area (Å²) in [7, 11) is 1.57. The van der Waals surface area contributed by atoms with Crippen LogP contribution in [0.2, 0.25) is 0 Å². The lowest BCUT2D eigenvalue weighted by atomic mass is 9.93. The van der Waals surface area contributed by atoms with Crippen LogP contribution in [0.25, 0.3) is 0 Å². The predicted octanol–water partition coefficient (Wildman–Crippen LogP) is 4.13. The average Bonchev–Trinajstić information content (AvgIpc) is 3.36. The number of methoxy groups -OCH3 is 1. The van der Waals surface area contributed by atoms with Gasteiger partial charge in [-0.25, -0.2) is 0 Å². The highest BCUT2D eigenvalue weighted by atomic mass is 16.5. The van der Waals surface area contributed by atoms with Crippen LogP contribution < -0.4 is 10.1 Å². The summed E-state index contributed by atoms with van der Waals surface area (Å²) in [6.45, 7) is 0. The normalized spacial score (nSPS) is 23.2. The molecule has 0 aromatic heterocycles. The second-order valence-electron chi connectivity index (χ2n) is 7.34. The second kappa shape index (κ2) is 7.89. The Morgan fingerprint density at radius 2 is 1.86 bits per heavy atom. The first-order valence-electron chi connectivity index (χ1n) is 9.52. The zero-order valence-electron chi connectivity index (χ0n) is 15.7. The lowest BCUT2D eigenvalue weighted by Gasteiger charge is -2.22. The topological polar surface area (TPSA) is 64.6 Å². The van der Waals surface area contributed by atoms with E-state index in [4.69, 9.17) is 9.47 Å². The molecule has 4 rings (SSSR count). The van der Waals surface area contributed by atoms with Gasteiger partial charge in [-0.3, -0.25) is 9.59 Å². The molecule has 2 aliphatic rings. The van der Waals surface area contributed by atoms with E-state index in [1.54, 1.807) is 43.5 Å². The molecular weight excluding hydrogens is 354 g/mol. The number of esters is 1. The third-order valence-corrected chi connectivity index (χ3v) is 5.49. The number of nitrogens with one attached hydrogen (secondary N) is 1. The van der Waals surface area contributed by atoms with Crippen LogP contribution in [0.1, 0.15) is 24.5 Å². The summed E-state index contributed by atoms with van der Waals surface area (Å²) in [6.07, 6.45) is 5.10. The lowest BCUT2D eigenvalue weighted by Crippen LogP contribution is -2.30. The van der Waals surface area contributed by atoms with Gasteiger partial charge in [-0.2, -0.15) is 0 Å². The Morgan fingerprint density at radius 1 is 1.04 bits per heavy atom. The van der Waals surface area contributed by atoms with E-state index in [1.807, 2.05) is 18.2 Å². The van der Waals surface area contributed by atoms with E-state index in [0.29, 0.717) is 22.9 Å². The van der Waals surface area contributed by atoms with Gasteiger partial charge in [0.2, 0.25) is 6.10 Å². The largest absolute Gasteiger partial charge is 0.497 e. The average molecular weight is 377 g/mol. The van der Waals surface area contributed by atoms with Crippen LogP contribution in [0.15, 0.2) is 66.7 Å². The molecule has 144 valence electrons. The molecule has 5 heteroatoms. The number of benzene rings is 2. The number of fused-ring (bicyclic) bond motifs is 2. The maximum absolute atomic E-state index is 13.0. The van der Waals surface area contributed by atoms with Crippen molar-refractivity contribution in [1.29, 1.82) is 0 Å². The molecule has 2 bridgehead atoms. The first kappa shape index (κ1) is 18.3. The third kappa shape index (κ3) is 3.79. The summed E-state index contributed by atoms with van der Waals surface area (Å²) in [6, 6.07) is 16.2. The van der Waals surface area contributed by atoms with E-state index in [0.717, 1.165) is 12.8 Å². The Bertz CT molecular complexity index is 892. The molecule has 0 heterocycles. The molecule has 0 saturated heterocycles. The van der Waals surface area contributed by atoms with Crippen molar-refractivity contribution in [1.82, 2.24) is 0 Å². The number of allylic oxidation sites excluding steroid dienone is 2. The van der Waals surface area contributed by atoms with Gasteiger partial charge in [0.1, 0.15) is 5.75 Å². The van der Waals surface area contributed by atoms with Crippen LogP contribution in [0.3, 0.4) is 0 Å². The van der Waals surface area contributed by atoms with Gasteiger partial charge in [0.15, 0.2) is 0 Å². The molecule has 0 aliphatic heterocycles. The molecular formula is C23H23NO4. The van der Waals surface area contributed by atoms with Gasteiger partial charge in [0, 0.05) is 17.3 Å². The Kier molecular flexibility index (Phi) is 5.15. The standard InChI is InChI=1S/C23H23NO4/c1-27-19-9-5-8-18(14-19)24-22(25)21(16-6-3-2-4-7-16)28-23(26)20-13-15-10-11-17(20)12-15/h2-11,14-15,17,20-21H,12-13H2,1H3,(H,24,25)/t15-,17+,20+,21-/m1/s1. The minimum atomic E-state index is -0.997. The van der Waals surface area contributed by atoms with E-state index >= 15 is 0 Å². The fourth-order valence-corrected chi connectivity index (χ4v) is 4.06. The Labute approximate surface area is 164 Å². The van der Waals surface area contributed by atoms with Gasteiger partial charge in [-0.05, 0) is 36.8 Å². The third-order valence-electron chi connectivity index (χ3n) is 5.49. The molecule has 2 aromatic rings. The van der Waals surface area contributed by atoms with Crippen LogP contribution in [0.4, 0.5) is 5.69 Å². The minimum Gasteiger partial charge on any atom is -0.497 e. The SMILES string of the molecule is COc1cccc(NC(=O)[C@H](OC(=O)[C@H]2C[C@@H]3C=C[C@H]2C3)c2ccccc2)c1. The van der Waals surface area contributed by atoms with Crippen molar-refractivity contribution in [3.05, 3.63) is 72.3 Å². The Balaban J connectivity index is 1.52. The number of hydrogen-bond donors (Lipinski definition) is 1. The number of amides is 1. The first-order chi connectivity index (χ1) is 13.6. The lowest BCUT2D eigenvalue weighted by molar-refractivity contribution is -0.159. The first-order valence-corrected chi connectivity index (χ1v) is 9.52. The monoisotopic (exact) mass is 377 g/mol. The fourth-order valence-electron chi connectivity index (χ4n) is 4.06.